The highest BCUT2D eigenvalue weighted by molar-refractivity contribution is 8.01. The van der Waals surface area contributed by atoms with Crippen LogP contribution in [0.2, 0.25) is 0 Å². The molecule has 1 aliphatic carbocycles. The quantitative estimate of drug-likeness (QED) is 0.615. The second kappa shape index (κ2) is 7.96. The van der Waals surface area contributed by atoms with Crippen LogP contribution < -0.4 is 5.32 Å². The standard InChI is InChI=1S/C12H21N3OS2/c1-2-16-8-9-17-12-15-14-11(18-12)13-10-6-4-3-5-7-10/h10H,2-9H2,1H3,(H,13,14). The number of ether oxygens (including phenoxy) is 1. The lowest BCUT2D eigenvalue weighted by molar-refractivity contribution is 0.164. The molecular formula is C12H21N3OS2. The first-order chi connectivity index (χ1) is 8.88. The summed E-state index contributed by atoms with van der Waals surface area (Å²) in [7, 11) is 0. The van der Waals surface area contributed by atoms with Crippen LogP contribution in [0.3, 0.4) is 0 Å². The molecule has 1 heterocycles. The number of thioether (sulfide) groups is 1. The van der Waals surface area contributed by atoms with Gasteiger partial charge in [-0.25, -0.2) is 0 Å². The molecule has 18 heavy (non-hydrogen) atoms. The minimum Gasteiger partial charge on any atom is -0.381 e. The van der Waals surface area contributed by atoms with Crippen molar-refractivity contribution in [3.05, 3.63) is 0 Å². The molecule has 1 fully saturated rings. The Balaban J connectivity index is 1.71. The van der Waals surface area contributed by atoms with Gasteiger partial charge in [0.05, 0.1) is 6.61 Å². The van der Waals surface area contributed by atoms with E-state index in [4.69, 9.17) is 4.74 Å². The lowest BCUT2D eigenvalue weighted by Crippen LogP contribution is -2.21. The van der Waals surface area contributed by atoms with Crippen LogP contribution in [-0.2, 0) is 4.74 Å². The zero-order valence-electron chi connectivity index (χ0n) is 10.9. The summed E-state index contributed by atoms with van der Waals surface area (Å²) in [5.41, 5.74) is 0. The minimum absolute atomic E-state index is 0.605. The van der Waals surface area contributed by atoms with Crippen LogP contribution in [0.1, 0.15) is 39.0 Å². The summed E-state index contributed by atoms with van der Waals surface area (Å²) in [5, 5.41) is 12.9. The van der Waals surface area contributed by atoms with Crippen molar-refractivity contribution in [3.8, 4) is 0 Å². The average Bonchev–Trinajstić information content (AvgIpc) is 2.84. The van der Waals surface area contributed by atoms with Gasteiger partial charge in [0.15, 0.2) is 4.34 Å². The van der Waals surface area contributed by atoms with Gasteiger partial charge in [0.1, 0.15) is 0 Å². The highest BCUT2D eigenvalue weighted by Gasteiger charge is 2.15. The predicted molar refractivity (Wildman–Crippen MR) is 77.6 cm³/mol. The van der Waals surface area contributed by atoms with E-state index in [1.54, 1.807) is 23.1 Å². The maximum atomic E-state index is 5.30. The van der Waals surface area contributed by atoms with E-state index in [2.05, 4.69) is 15.5 Å². The van der Waals surface area contributed by atoms with Crippen LogP contribution in [0, 0.1) is 0 Å². The van der Waals surface area contributed by atoms with Crippen LogP contribution in [0.25, 0.3) is 0 Å². The predicted octanol–water partition coefficient (Wildman–Crippen LogP) is 3.41. The molecule has 0 unspecified atom stereocenters. The molecule has 1 aromatic heterocycles. The van der Waals surface area contributed by atoms with E-state index >= 15 is 0 Å². The summed E-state index contributed by atoms with van der Waals surface area (Å²) in [4.78, 5) is 0. The topological polar surface area (TPSA) is 47.0 Å². The van der Waals surface area contributed by atoms with Gasteiger partial charge in [-0.1, -0.05) is 42.4 Å². The third-order valence-corrected chi connectivity index (χ3v) is 4.95. The highest BCUT2D eigenvalue weighted by Crippen LogP contribution is 2.28. The Labute approximate surface area is 117 Å². The first-order valence-electron chi connectivity index (χ1n) is 6.69. The van der Waals surface area contributed by atoms with Gasteiger partial charge >= 0.3 is 0 Å². The zero-order chi connectivity index (χ0) is 12.6. The number of nitrogens with zero attached hydrogens (tertiary/aromatic N) is 2. The average molecular weight is 287 g/mol. The van der Waals surface area contributed by atoms with E-state index in [1.165, 1.54) is 32.1 Å². The lowest BCUT2D eigenvalue weighted by Gasteiger charge is -2.21. The molecule has 0 spiro atoms. The minimum atomic E-state index is 0.605. The van der Waals surface area contributed by atoms with Gasteiger partial charge in [-0.2, -0.15) is 0 Å². The lowest BCUT2D eigenvalue weighted by atomic mass is 9.96. The van der Waals surface area contributed by atoms with Crippen molar-refractivity contribution in [3.63, 3.8) is 0 Å². The number of anilines is 1. The Hall–Kier alpha value is -0.330. The second-order valence-corrected chi connectivity index (χ2v) is 6.72. The number of hydrogen-bond donors (Lipinski definition) is 1. The number of rotatable bonds is 7. The molecule has 0 saturated heterocycles. The van der Waals surface area contributed by atoms with Crippen molar-refractivity contribution < 1.29 is 4.74 Å². The molecule has 0 atom stereocenters. The van der Waals surface area contributed by atoms with Crippen molar-refractivity contribution >= 4 is 28.2 Å². The second-order valence-electron chi connectivity index (χ2n) is 4.40. The van der Waals surface area contributed by atoms with E-state index < -0.39 is 0 Å². The van der Waals surface area contributed by atoms with Gasteiger partial charge < -0.3 is 10.1 Å². The SMILES string of the molecule is CCOCCSc1nnc(NC2CCCCC2)s1. The molecule has 0 amide bonds. The third-order valence-electron chi connectivity index (χ3n) is 3.00. The van der Waals surface area contributed by atoms with Gasteiger partial charge in [0.25, 0.3) is 0 Å². The summed E-state index contributed by atoms with van der Waals surface area (Å²) in [5.74, 6) is 0.950. The normalized spacial score (nSPS) is 16.9. The molecule has 4 nitrogen and oxygen atoms in total. The summed E-state index contributed by atoms with van der Waals surface area (Å²) < 4.78 is 6.34. The molecule has 1 aliphatic rings. The Morgan fingerprint density at radius 1 is 1.33 bits per heavy atom. The van der Waals surface area contributed by atoms with Gasteiger partial charge in [-0.05, 0) is 19.8 Å². The smallest absolute Gasteiger partial charge is 0.206 e. The number of nitrogens with one attached hydrogen (secondary N) is 1. The van der Waals surface area contributed by atoms with Crippen molar-refractivity contribution in [2.45, 2.75) is 49.4 Å². The summed E-state index contributed by atoms with van der Waals surface area (Å²) >= 11 is 3.38. The third kappa shape index (κ3) is 4.74. The van der Waals surface area contributed by atoms with Crippen molar-refractivity contribution in [1.82, 2.24) is 10.2 Å². The molecule has 102 valence electrons. The van der Waals surface area contributed by atoms with Crippen LogP contribution in [0.4, 0.5) is 5.13 Å². The first-order valence-corrected chi connectivity index (χ1v) is 8.49. The molecular weight excluding hydrogens is 266 g/mol. The Morgan fingerprint density at radius 3 is 2.94 bits per heavy atom. The fourth-order valence-corrected chi connectivity index (χ4v) is 3.83. The first kappa shape index (κ1) is 14.1. The van der Waals surface area contributed by atoms with Gasteiger partial charge in [0, 0.05) is 18.4 Å². The maximum Gasteiger partial charge on any atom is 0.206 e. The molecule has 2 rings (SSSR count). The highest BCUT2D eigenvalue weighted by atomic mass is 32.2. The van der Waals surface area contributed by atoms with Crippen LogP contribution >= 0.6 is 23.1 Å². The van der Waals surface area contributed by atoms with E-state index in [9.17, 15) is 0 Å². The molecule has 1 saturated carbocycles. The fraction of sp³-hybridized carbons (Fsp3) is 0.833. The fourth-order valence-electron chi connectivity index (χ4n) is 2.08. The van der Waals surface area contributed by atoms with Crippen LogP contribution in [0.15, 0.2) is 4.34 Å². The molecule has 6 heteroatoms. The van der Waals surface area contributed by atoms with E-state index in [0.29, 0.717) is 6.04 Å². The molecule has 0 bridgehead atoms. The summed E-state index contributed by atoms with van der Waals surface area (Å²) in [6.07, 6.45) is 6.60. The molecule has 1 aromatic rings. The molecule has 1 N–H and O–H groups in total. The van der Waals surface area contributed by atoms with Crippen molar-refractivity contribution in [1.29, 1.82) is 0 Å². The number of hydrogen-bond acceptors (Lipinski definition) is 6. The van der Waals surface area contributed by atoms with E-state index in [-0.39, 0.29) is 0 Å². The maximum absolute atomic E-state index is 5.30. The Kier molecular flexibility index (Phi) is 6.23. The largest absolute Gasteiger partial charge is 0.381 e. The zero-order valence-corrected chi connectivity index (χ0v) is 12.5. The summed E-state index contributed by atoms with van der Waals surface area (Å²) in [6.45, 7) is 3.58. The Morgan fingerprint density at radius 2 is 2.17 bits per heavy atom. The monoisotopic (exact) mass is 287 g/mol. The molecule has 0 aromatic carbocycles. The Bertz CT molecular complexity index is 340. The summed E-state index contributed by atoms with van der Waals surface area (Å²) in [6, 6.07) is 0.605. The van der Waals surface area contributed by atoms with Gasteiger partial charge in [0.2, 0.25) is 5.13 Å². The van der Waals surface area contributed by atoms with Gasteiger partial charge in [-0.15, -0.1) is 10.2 Å². The molecule has 0 radical (unpaired) electrons. The molecule has 0 aliphatic heterocycles. The van der Waals surface area contributed by atoms with Crippen molar-refractivity contribution in [2.24, 2.45) is 0 Å². The van der Waals surface area contributed by atoms with Crippen LogP contribution in [0.5, 0.6) is 0 Å². The van der Waals surface area contributed by atoms with Gasteiger partial charge in [-0.3, -0.25) is 0 Å². The van der Waals surface area contributed by atoms with E-state index in [0.717, 1.165) is 28.4 Å². The number of aromatic nitrogens is 2. The van der Waals surface area contributed by atoms with Crippen LogP contribution in [-0.4, -0.2) is 35.2 Å². The van der Waals surface area contributed by atoms with Crippen molar-refractivity contribution in [2.75, 3.05) is 24.3 Å². The van der Waals surface area contributed by atoms with E-state index in [1.807, 2.05) is 6.92 Å².